The average molecular weight is 1290 g/mol. The van der Waals surface area contributed by atoms with Crippen LogP contribution in [0.5, 0.6) is 0 Å². The van der Waals surface area contributed by atoms with Crippen LogP contribution in [0.3, 0.4) is 0 Å². The number of hydrogen-bond acceptors (Lipinski definition) is 15. The Balaban J connectivity index is 0.000000157. The van der Waals surface area contributed by atoms with E-state index in [1.165, 1.54) is 12.1 Å². The van der Waals surface area contributed by atoms with Crippen molar-refractivity contribution in [1.82, 2.24) is 0 Å². The van der Waals surface area contributed by atoms with Crippen molar-refractivity contribution in [2.45, 2.75) is 97.4 Å². The summed E-state index contributed by atoms with van der Waals surface area (Å²) in [6.07, 6.45) is -5.67. The van der Waals surface area contributed by atoms with E-state index in [-0.39, 0.29) is 33.8 Å². The topological polar surface area (TPSA) is 236 Å². The molecule has 0 N–H and O–H groups in total. The molecule has 0 aliphatic rings. The van der Waals surface area contributed by atoms with Crippen molar-refractivity contribution in [2.75, 3.05) is 0 Å². The summed E-state index contributed by atoms with van der Waals surface area (Å²) < 4.78 is 33.0. The van der Waals surface area contributed by atoms with E-state index in [2.05, 4.69) is 0 Å². The van der Waals surface area contributed by atoms with Gasteiger partial charge in [0.1, 0.15) is 16.8 Å². The van der Waals surface area contributed by atoms with Crippen molar-refractivity contribution in [1.29, 1.82) is 0 Å². The van der Waals surface area contributed by atoms with E-state index in [1.54, 1.807) is 159 Å². The summed E-state index contributed by atoms with van der Waals surface area (Å²) in [5.41, 5.74) is 0.0645. The Morgan fingerprint density at radius 2 is 0.562 bits per heavy atom. The molecule has 0 amide bonds. The maximum Gasteiger partial charge on any atom is 0.509 e. The van der Waals surface area contributed by atoms with Gasteiger partial charge in [-0.25, -0.2) is 14.4 Å². The smallest absolute Gasteiger partial charge is 0.429 e. The lowest BCUT2D eigenvalue weighted by Crippen LogP contribution is -2.26. The molecular weight excluding hydrogens is 1220 g/mol. The lowest BCUT2D eigenvalue weighted by atomic mass is 9.94. The number of carbonyl (C=O) groups is 3. The molecule has 0 saturated carbocycles. The Morgan fingerprint density at radius 1 is 0.292 bits per heavy atom. The van der Waals surface area contributed by atoms with Gasteiger partial charge in [0, 0.05) is 18.2 Å². The van der Waals surface area contributed by atoms with Crippen LogP contribution < -0.4 is 0 Å². The van der Waals surface area contributed by atoms with Gasteiger partial charge < -0.3 is 28.4 Å². The highest BCUT2D eigenvalue weighted by Crippen LogP contribution is 2.42. The van der Waals surface area contributed by atoms with Crippen LogP contribution in [0.1, 0.15) is 114 Å². The van der Waals surface area contributed by atoms with E-state index >= 15 is 0 Å². The average Bonchev–Trinajstić information content (AvgIpc) is 0.779. The lowest BCUT2D eigenvalue weighted by molar-refractivity contribution is -0.386. The molecule has 3 unspecified atom stereocenters. The number of nitro benzene ring substituents is 3. The number of ether oxygens (including phenoxy) is 6. The summed E-state index contributed by atoms with van der Waals surface area (Å²) in [6.45, 7) is 15.6. The minimum atomic E-state index is -1.00. The molecule has 18 nitrogen and oxygen atoms in total. The first-order valence-corrected chi connectivity index (χ1v) is 30.8. The van der Waals surface area contributed by atoms with Gasteiger partial charge in [-0.2, -0.15) is 0 Å². The minimum absolute atomic E-state index is 0.119. The van der Waals surface area contributed by atoms with Crippen molar-refractivity contribution in [3.05, 3.63) is 300 Å². The number of nitro groups is 3. The molecular formula is C78H69N3O15. The summed E-state index contributed by atoms with van der Waals surface area (Å²) >= 11 is 0. The molecule has 0 aliphatic carbocycles. The van der Waals surface area contributed by atoms with Crippen LogP contribution in [0.2, 0.25) is 0 Å². The third kappa shape index (κ3) is 16.3. The number of benzene rings is 12. The largest absolute Gasteiger partial charge is 0.509 e. The first-order valence-electron chi connectivity index (χ1n) is 30.8. The standard InChI is InChI=1S/3C26H23NO5/c1-26(2,3)32-25(28)31-24(18-10-5-4-6-11-18)22-16-21-19(15-23(22)27(29)30)14-13-17-9-7-8-12-20(17)21;1-26(2,3)32-25(28)31-24(18-10-5-4-6-11-18)22-15-19-14-13-17-9-7-8-12-20(17)21(19)16-23(22)27(29)30;1-26(2,3)32-25(28)31-24(17-9-5-4-6-10-17)22-15-20-13-18-11-7-8-12-19(18)14-21(20)16-23(22)27(29)30/h3*4-16,24H,1-3H3. The molecule has 12 aromatic carbocycles. The van der Waals surface area contributed by atoms with Crippen LogP contribution in [0.15, 0.2) is 237 Å². The number of nitrogens with zero attached hydrogens (tertiary/aromatic N) is 3. The highest BCUT2D eigenvalue weighted by Gasteiger charge is 2.34. The normalized spacial score (nSPS) is 12.5. The van der Waals surface area contributed by atoms with Gasteiger partial charge in [0.2, 0.25) is 0 Å². The molecule has 3 atom stereocenters. The van der Waals surface area contributed by atoms with Crippen LogP contribution in [-0.4, -0.2) is 50.0 Å². The van der Waals surface area contributed by atoms with Crippen LogP contribution in [0.4, 0.5) is 31.4 Å². The van der Waals surface area contributed by atoms with Crippen LogP contribution in [0.25, 0.3) is 64.6 Å². The van der Waals surface area contributed by atoms with E-state index < -0.39 is 68.4 Å². The molecule has 0 saturated heterocycles. The zero-order chi connectivity index (χ0) is 68.6. The Bertz CT molecular complexity index is 4790. The zero-order valence-electron chi connectivity index (χ0n) is 54.2. The summed E-state index contributed by atoms with van der Waals surface area (Å²) in [5.74, 6) is 0. The van der Waals surface area contributed by atoms with Crippen molar-refractivity contribution < 1.29 is 57.6 Å². The van der Waals surface area contributed by atoms with Gasteiger partial charge in [-0.3, -0.25) is 30.3 Å². The molecule has 12 rings (SSSR count). The maximum atomic E-state index is 12.6. The van der Waals surface area contributed by atoms with Gasteiger partial charge in [-0.05, 0) is 174 Å². The van der Waals surface area contributed by atoms with E-state index in [0.717, 1.165) is 64.6 Å². The highest BCUT2D eigenvalue weighted by atomic mass is 16.7. The first-order chi connectivity index (χ1) is 45.7. The second kappa shape index (κ2) is 28.2. The predicted molar refractivity (Wildman–Crippen MR) is 371 cm³/mol. The Morgan fingerprint density at radius 3 is 0.927 bits per heavy atom. The molecule has 0 heterocycles. The highest BCUT2D eigenvalue weighted by molar-refractivity contribution is 6.10. The Labute approximate surface area is 553 Å². The Kier molecular flexibility index (Phi) is 19.7. The zero-order valence-corrected chi connectivity index (χ0v) is 54.2. The lowest BCUT2D eigenvalue weighted by Gasteiger charge is -2.23. The number of rotatable bonds is 12. The quantitative estimate of drug-likeness (QED) is 0.0276. The number of hydrogen-bond donors (Lipinski definition) is 0. The molecule has 0 aromatic heterocycles. The fourth-order valence-electron chi connectivity index (χ4n) is 11.1. The molecule has 0 spiro atoms. The van der Waals surface area contributed by atoms with Gasteiger partial charge in [0.05, 0.1) is 31.5 Å². The van der Waals surface area contributed by atoms with E-state index in [1.807, 2.05) is 127 Å². The minimum Gasteiger partial charge on any atom is -0.429 e. The van der Waals surface area contributed by atoms with Crippen molar-refractivity contribution in [3.63, 3.8) is 0 Å². The SMILES string of the molecule is CC(C)(C)OC(=O)OC(c1ccccc1)c1cc2c(ccc3ccccc32)cc1[N+](=O)[O-].CC(C)(C)OC(=O)OC(c1ccccc1)c1cc2cc3ccccc3cc2cc1[N+](=O)[O-].CC(C)(C)OC(=O)OC(c1ccccc1)c1cc2ccc3ccccc3c2cc1[N+](=O)[O-]. The summed E-state index contributed by atoms with van der Waals surface area (Å²) in [6, 6.07) is 71.7. The van der Waals surface area contributed by atoms with Gasteiger partial charge >= 0.3 is 18.5 Å². The molecule has 12 aromatic rings. The van der Waals surface area contributed by atoms with Crippen LogP contribution in [-0.2, 0) is 28.4 Å². The second-order valence-electron chi connectivity index (χ2n) is 25.7. The van der Waals surface area contributed by atoms with Gasteiger partial charge in [0.25, 0.3) is 17.1 Å². The third-order valence-corrected chi connectivity index (χ3v) is 15.2. The summed E-state index contributed by atoms with van der Waals surface area (Å²) in [5, 5.41) is 46.7. The van der Waals surface area contributed by atoms with Crippen molar-refractivity contribution >= 4 is 100 Å². The second-order valence-corrected chi connectivity index (χ2v) is 25.7. The van der Waals surface area contributed by atoms with Crippen LogP contribution in [0, 0.1) is 30.3 Å². The van der Waals surface area contributed by atoms with Crippen molar-refractivity contribution in [3.8, 4) is 0 Å². The molecule has 0 radical (unpaired) electrons. The molecule has 0 aliphatic heterocycles. The monoisotopic (exact) mass is 1290 g/mol. The third-order valence-electron chi connectivity index (χ3n) is 15.2. The van der Waals surface area contributed by atoms with E-state index in [9.17, 15) is 44.7 Å². The molecule has 486 valence electrons. The van der Waals surface area contributed by atoms with Gasteiger partial charge in [-0.1, -0.05) is 188 Å². The van der Waals surface area contributed by atoms with E-state index in [4.69, 9.17) is 28.4 Å². The van der Waals surface area contributed by atoms with Crippen molar-refractivity contribution in [2.24, 2.45) is 0 Å². The molecule has 0 bridgehead atoms. The predicted octanol–water partition coefficient (Wildman–Crippen LogP) is 20.8. The molecule has 96 heavy (non-hydrogen) atoms. The summed E-state index contributed by atoms with van der Waals surface area (Å²) in [7, 11) is 0. The fourth-order valence-corrected chi connectivity index (χ4v) is 11.1. The van der Waals surface area contributed by atoms with E-state index in [0.29, 0.717) is 16.7 Å². The number of carbonyl (C=O) groups excluding carboxylic acids is 3. The first kappa shape index (κ1) is 67.1. The fraction of sp³-hybridized carbons (Fsp3) is 0.192. The van der Waals surface area contributed by atoms with Crippen LogP contribution >= 0.6 is 0 Å². The van der Waals surface area contributed by atoms with Gasteiger partial charge in [0.15, 0.2) is 18.3 Å². The molecule has 0 fully saturated rings. The van der Waals surface area contributed by atoms with Gasteiger partial charge in [-0.15, -0.1) is 0 Å². The maximum absolute atomic E-state index is 12.6. The summed E-state index contributed by atoms with van der Waals surface area (Å²) in [4.78, 5) is 72.4. The number of fused-ring (bicyclic) bond motifs is 8. The Hall–Kier alpha value is -11.8. The molecule has 18 heteroatoms.